The van der Waals surface area contributed by atoms with Crippen LogP contribution in [-0.2, 0) is 10.3 Å². The van der Waals surface area contributed by atoms with Gasteiger partial charge < -0.3 is 10.2 Å². The average Bonchev–Trinajstić information content (AvgIpc) is 2.29. The van der Waals surface area contributed by atoms with Crippen LogP contribution in [0.2, 0.25) is 0 Å². The Balaban J connectivity index is 1.98. The number of amides is 1. The van der Waals surface area contributed by atoms with E-state index in [1.807, 2.05) is 19.9 Å². The van der Waals surface area contributed by atoms with Gasteiger partial charge in [0.15, 0.2) is 0 Å². The first-order valence-corrected chi connectivity index (χ1v) is 7.19. The molecular formula is C16H23FN2O. The Hall–Kier alpha value is -1.42. The SMILES string of the molecule is Cc1c(F)cccc1C(C)(C)NC(=O)CCN1CCC1. The second-order valence-corrected chi connectivity index (χ2v) is 6.03. The highest BCUT2D eigenvalue weighted by Crippen LogP contribution is 2.25. The molecule has 0 atom stereocenters. The van der Waals surface area contributed by atoms with E-state index in [9.17, 15) is 9.18 Å². The minimum atomic E-state index is -0.557. The number of carbonyl (C=O) groups excluding carboxylic acids is 1. The third-order valence-corrected chi connectivity index (χ3v) is 4.00. The van der Waals surface area contributed by atoms with Crippen molar-refractivity contribution in [2.75, 3.05) is 19.6 Å². The lowest BCUT2D eigenvalue weighted by molar-refractivity contribution is -0.123. The number of nitrogens with zero attached hydrogens (tertiary/aromatic N) is 1. The molecule has 1 aromatic carbocycles. The highest BCUT2D eigenvalue weighted by atomic mass is 19.1. The van der Waals surface area contributed by atoms with E-state index in [4.69, 9.17) is 0 Å². The quantitative estimate of drug-likeness (QED) is 0.898. The van der Waals surface area contributed by atoms with Crippen molar-refractivity contribution in [3.8, 4) is 0 Å². The summed E-state index contributed by atoms with van der Waals surface area (Å²) in [6.45, 7) is 8.58. The van der Waals surface area contributed by atoms with Crippen molar-refractivity contribution in [1.82, 2.24) is 10.2 Å². The molecule has 3 nitrogen and oxygen atoms in total. The minimum absolute atomic E-state index is 0.0190. The van der Waals surface area contributed by atoms with Crippen molar-refractivity contribution in [2.24, 2.45) is 0 Å². The van der Waals surface area contributed by atoms with Gasteiger partial charge in [-0.2, -0.15) is 0 Å². The molecule has 1 aromatic rings. The minimum Gasteiger partial charge on any atom is -0.347 e. The van der Waals surface area contributed by atoms with Gasteiger partial charge in [-0.25, -0.2) is 4.39 Å². The Bertz CT molecular complexity index is 495. The molecule has 0 saturated carbocycles. The van der Waals surface area contributed by atoms with Gasteiger partial charge in [-0.3, -0.25) is 4.79 Å². The predicted octanol–water partition coefficient (Wildman–Crippen LogP) is 2.58. The lowest BCUT2D eigenvalue weighted by Crippen LogP contribution is -2.44. The molecule has 0 aromatic heterocycles. The number of hydrogen-bond acceptors (Lipinski definition) is 2. The van der Waals surface area contributed by atoms with Crippen LogP contribution in [0.3, 0.4) is 0 Å². The Morgan fingerprint density at radius 1 is 1.40 bits per heavy atom. The molecule has 1 saturated heterocycles. The molecule has 0 spiro atoms. The zero-order valence-corrected chi connectivity index (χ0v) is 12.5. The molecule has 1 fully saturated rings. The summed E-state index contributed by atoms with van der Waals surface area (Å²) < 4.78 is 13.6. The van der Waals surface area contributed by atoms with Crippen LogP contribution in [0.5, 0.6) is 0 Å². The van der Waals surface area contributed by atoms with Gasteiger partial charge >= 0.3 is 0 Å². The van der Waals surface area contributed by atoms with Gasteiger partial charge in [-0.1, -0.05) is 12.1 Å². The van der Waals surface area contributed by atoms with Gasteiger partial charge in [0.1, 0.15) is 5.82 Å². The molecular weight excluding hydrogens is 255 g/mol. The third-order valence-electron chi connectivity index (χ3n) is 4.00. The van der Waals surface area contributed by atoms with Crippen molar-refractivity contribution in [2.45, 2.75) is 39.2 Å². The molecule has 1 aliphatic rings. The largest absolute Gasteiger partial charge is 0.347 e. The molecule has 1 heterocycles. The molecule has 0 aliphatic carbocycles. The summed E-state index contributed by atoms with van der Waals surface area (Å²) >= 11 is 0. The molecule has 4 heteroatoms. The van der Waals surface area contributed by atoms with Crippen molar-refractivity contribution < 1.29 is 9.18 Å². The summed E-state index contributed by atoms with van der Waals surface area (Å²) in [5, 5.41) is 3.01. The fourth-order valence-electron chi connectivity index (χ4n) is 2.63. The summed E-state index contributed by atoms with van der Waals surface area (Å²) in [5.41, 5.74) is 0.869. The zero-order chi connectivity index (χ0) is 14.8. The summed E-state index contributed by atoms with van der Waals surface area (Å²) in [6.07, 6.45) is 1.73. The number of nitrogens with one attached hydrogen (secondary N) is 1. The molecule has 0 radical (unpaired) electrons. The first-order valence-electron chi connectivity index (χ1n) is 7.19. The van der Waals surface area contributed by atoms with Crippen molar-refractivity contribution in [3.63, 3.8) is 0 Å². The summed E-state index contributed by atoms with van der Waals surface area (Å²) in [4.78, 5) is 14.3. The molecule has 1 aliphatic heterocycles. The smallest absolute Gasteiger partial charge is 0.221 e. The Kier molecular flexibility index (Phi) is 4.43. The van der Waals surface area contributed by atoms with E-state index in [1.54, 1.807) is 13.0 Å². The van der Waals surface area contributed by atoms with E-state index in [0.717, 1.165) is 25.2 Å². The molecule has 1 N–H and O–H groups in total. The van der Waals surface area contributed by atoms with E-state index in [2.05, 4.69) is 10.2 Å². The predicted molar refractivity (Wildman–Crippen MR) is 78.0 cm³/mol. The lowest BCUT2D eigenvalue weighted by atomic mass is 9.90. The molecule has 110 valence electrons. The molecule has 0 unspecified atom stereocenters. The molecule has 2 rings (SSSR count). The van der Waals surface area contributed by atoms with Crippen molar-refractivity contribution in [1.29, 1.82) is 0 Å². The number of carbonyl (C=O) groups is 1. The van der Waals surface area contributed by atoms with Gasteiger partial charge in [-0.05, 0) is 57.5 Å². The number of rotatable bonds is 5. The van der Waals surface area contributed by atoms with Gasteiger partial charge in [0.2, 0.25) is 5.91 Å². The molecule has 20 heavy (non-hydrogen) atoms. The first kappa shape index (κ1) is 15.0. The summed E-state index contributed by atoms with van der Waals surface area (Å²) in [6, 6.07) is 5.00. The monoisotopic (exact) mass is 278 g/mol. The standard InChI is InChI=1S/C16H23FN2O/c1-12-13(6-4-7-14(12)17)16(2,3)18-15(20)8-11-19-9-5-10-19/h4,6-7H,5,8-11H2,1-3H3,(H,18,20). The van der Waals surface area contributed by atoms with E-state index in [-0.39, 0.29) is 11.7 Å². The highest BCUT2D eigenvalue weighted by molar-refractivity contribution is 5.77. The Morgan fingerprint density at radius 2 is 2.10 bits per heavy atom. The molecule has 0 bridgehead atoms. The fraction of sp³-hybridized carbons (Fsp3) is 0.562. The maximum absolute atomic E-state index is 13.6. The van der Waals surface area contributed by atoms with Gasteiger partial charge in [0, 0.05) is 13.0 Å². The van der Waals surface area contributed by atoms with Gasteiger partial charge in [-0.15, -0.1) is 0 Å². The van der Waals surface area contributed by atoms with Gasteiger partial charge in [0.25, 0.3) is 0 Å². The van der Waals surface area contributed by atoms with E-state index < -0.39 is 5.54 Å². The Labute approximate surface area is 120 Å². The summed E-state index contributed by atoms with van der Waals surface area (Å²) in [5.74, 6) is -0.212. The summed E-state index contributed by atoms with van der Waals surface area (Å²) in [7, 11) is 0. The van der Waals surface area contributed by atoms with E-state index in [1.165, 1.54) is 12.5 Å². The van der Waals surface area contributed by atoms with E-state index >= 15 is 0 Å². The topological polar surface area (TPSA) is 32.3 Å². The van der Waals surface area contributed by atoms with E-state index in [0.29, 0.717) is 12.0 Å². The lowest BCUT2D eigenvalue weighted by Gasteiger charge is -2.32. The second-order valence-electron chi connectivity index (χ2n) is 6.03. The molecule has 1 amide bonds. The number of benzene rings is 1. The zero-order valence-electron chi connectivity index (χ0n) is 12.5. The van der Waals surface area contributed by atoms with Crippen LogP contribution < -0.4 is 5.32 Å². The van der Waals surface area contributed by atoms with Crippen LogP contribution in [-0.4, -0.2) is 30.4 Å². The maximum atomic E-state index is 13.6. The Morgan fingerprint density at radius 3 is 2.70 bits per heavy atom. The van der Waals surface area contributed by atoms with Crippen LogP contribution in [0.25, 0.3) is 0 Å². The number of halogens is 1. The highest BCUT2D eigenvalue weighted by Gasteiger charge is 2.26. The maximum Gasteiger partial charge on any atom is 0.221 e. The first-order chi connectivity index (χ1) is 9.40. The third kappa shape index (κ3) is 3.37. The fourth-order valence-corrected chi connectivity index (χ4v) is 2.63. The normalized spacial score (nSPS) is 15.8. The van der Waals surface area contributed by atoms with Crippen LogP contribution in [0.1, 0.15) is 37.8 Å². The van der Waals surface area contributed by atoms with Crippen LogP contribution >= 0.6 is 0 Å². The van der Waals surface area contributed by atoms with Crippen molar-refractivity contribution in [3.05, 3.63) is 35.1 Å². The average molecular weight is 278 g/mol. The number of likely N-dealkylation sites (tertiary alicyclic amines) is 1. The van der Waals surface area contributed by atoms with Crippen LogP contribution in [0.15, 0.2) is 18.2 Å². The van der Waals surface area contributed by atoms with Gasteiger partial charge in [0.05, 0.1) is 5.54 Å². The van der Waals surface area contributed by atoms with Crippen LogP contribution in [0.4, 0.5) is 4.39 Å². The second kappa shape index (κ2) is 5.92. The van der Waals surface area contributed by atoms with Crippen molar-refractivity contribution >= 4 is 5.91 Å². The number of hydrogen-bond donors (Lipinski definition) is 1. The van der Waals surface area contributed by atoms with Crippen LogP contribution in [0, 0.1) is 12.7 Å².